The molecular formula is C32H32Cl2N6O3S. The maximum Gasteiger partial charge on any atom is 0.264 e. The number of rotatable bonds is 9. The van der Waals surface area contributed by atoms with Crippen molar-refractivity contribution in [2.45, 2.75) is 23.8 Å². The fraction of sp³-hybridized carbons (Fsp3) is 0.281. The predicted molar refractivity (Wildman–Crippen MR) is 174 cm³/mol. The van der Waals surface area contributed by atoms with E-state index in [1.807, 2.05) is 42.5 Å². The highest BCUT2D eigenvalue weighted by Crippen LogP contribution is 2.48. The maximum absolute atomic E-state index is 14.2. The van der Waals surface area contributed by atoms with Gasteiger partial charge in [-0.2, -0.15) is 0 Å². The molecule has 6 rings (SSSR count). The van der Waals surface area contributed by atoms with E-state index in [0.29, 0.717) is 12.2 Å². The van der Waals surface area contributed by atoms with Crippen LogP contribution in [0.15, 0.2) is 90.2 Å². The van der Waals surface area contributed by atoms with Gasteiger partial charge in [0.1, 0.15) is 12.1 Å². The first-order chi connectivity index (χ1) is 21.3. The van der Waals surface area contributed by atoms with E-state index in [9.17, 15) is 13.2 Å². The normalized spacial score (nSPS) is 16.7. The van der Waals surface area contributed by atoms with Crippen LogP contribution in [0.1, 0.15) is 24.4 Å². The number of piperazine rings is 1. The lowest BCUT2D eigenvalue weighted by molar-refractivity contribution is -0.121. The van der Waals surface area contributed by atoms with Crippen LogP contribution < -0.4 is 14.5 Å². The summed E-state index contributed by atoms with van der Waals surface area (Å²) in [4.78, 5) is 26.3. The molecule has 0 radical (unpaired) electrons. The molecule has 2 aliphatic heterocycles. The molecule has 9 nitrogen and oxygen atoms in total. The van der Waals surface area contributed by atoms with Gasteiger partial charge in [-0.1, -0.05) is 65.7 Å². The minimum absolute atomic E-state index is 0.00583. The standard InChI is InChI=1S/C32H32Cl2N6O3S/c33-27-11-10-23(20-28(27)34)44(42,43)40-29-9-4-3-7-25(29)24-6-1-2-8-26(24)30(40)21-32(41)36-13-5-15-38-16-18-39(19-17-38)31-12-14-35-22-37-31/h1-4,6-12,14,20,22,30H,5,13,15-19,21H2,(H,36,41). The summed E-state index contributed by atoms with van der Waals surface area (Å²) in [6.07, 6.45) is 4.07. The molecule has 0 bridgehead atoms. The number of carbonyl (C=O) groups excluding carboxylic acids is 1. The van der Waals surface area contributed by atoms with Crippen LogP contribution >= 0.6 is 23.2 Å². The average molecular weight is 652 g/mol. The number of nitrogens with one attached hydrogen (secondary N) is 1. The number of nitrogens with zero attached hydrogens (tertiary/aromatic N) is 5. The van der Waals surface area contributed by atoms with E-state index in [0.717, 1.165) is 61.7 Å². The van der Waals surface area contributed by atoms with Gasteiger partial charge in [-0.05, 0) is 54.4 Å². The number of anilines is 2. The van der Waals surface area contributed by atoms with Gasteiger partial charge in [-0.25, -0.2) is 18.4 Å². The second-order valence-electron chi connectivity index (χ2n) is 10.8. The highest BCUT2D eigenvalue weighted by atomic mass is 35.5. The van der Waals surface area contributed by atoms with Crippen molar-refractivity contribution in [1.29, 1.82) is 0 Å². The van der Waals surface area contributed by atoms with Crippen molar-refractivity contribution in [2.24, 2.45) is 0 Å². The smallest absolute Gasteiger partial charge is 0.264 e. The molecule has 228 valence electrons. The molecule has 1 amide bonds. The molecule has 0 spiro atoms. The Morgan fingerprint density at radius 1 is 0.909 bits per heavy atom. The van der Waals surface area contributed by atoms with E-state index in [1.54, 1.807) is 24.7 Å². The summed E-state index contributed by atoms with van der Waals surface area (Å²) in [7, 11) is -4.12. The SMILES string of the molecule is O=C(CC1c2ccccc2-c2ccccc2N1S(=O)(=O)c1ccc(Cl)c(Cl)c1)NCCCN1CCN(c2ccncn2)CC1. The van der Waals surface area contributed by atoms with E-state index in [1.165, 1.54) is 22.5 Å². The predicted octanol–water partition coefficient (Wildman–Crippen LogP) is 5.42. The van der Waals surface area contributed by atoms with Gasteiger partial charge < -0.3 is 10.2 Å². The van der Waals surface area contributed by atoms with Gasteiger partial charge in [0.25, 0.3) is 10.0 Å². The van der Waals surface area contributed by atoms with Crippen LogP contribution in [0.25, 0.3) is 11.1 Å². The number of carbonyl (C=O) groups is 1. The van der Waals surface area contributed by atoms with Gasteiger partial charge >= 0.3 is 0 Å². The molecule has 0 saturated carbocycles. The van der Waals surface area contributed by atoms with Crippen molar-refractivity contribution in [3.05, 3.63) is 101 Å². The van der Waals surface area contributed by atoms with Crippen molar-refractivity contribution in [2.75, 3.05) is 48.5 Å². The molecule has 3 aromatic carbocycles. The first kappa shape index (κ1) is 30.3. The van der Waals surface area contributed by atoms with Crippen molar-refractivity contribution in [3.63, 3.8) is 0 Å². The molecule has 1 unspecified atom stereocenters. The van der Waals surface area contributed by atoms with Gasteiger partial charge in [0, 0.05) is 44.5 Å². The second kappa shape index (κ2) is 13.1. The van der Waals surface area contributed by atoms with Gasteiger partial charge in [-0.3, -0.25) is 14.0 Å². The second-order valence-corrected chi connectivity index (χ2v) is 13.4. The molecule has 3 heterocycles. The quantitative estimate of drug-likeness (QED) is 0.242. The van der Waals surface area contributed by atoms with Crippen LogP contribution in [0, 0.1) is 0 Å². The molecule has 2 aliphatic rings. The topological polar surface area (TPSA) is 98.7 Å². The molecule has 12 heteroatoms. The van der Waals surface area contributed by atoms with Crippen molar-refractivity contribution >= 4 is 50.6 Å². The zero-order chi connectivity index (χ0) is 30.7. The largest absolute Gasteiger partial charge is 0.356 e. The van der Waals surface area contributed by atoms with Crippen LogP contribution in [0.2, 0.25) is 10.0 Å². The van der Waals surface area contributed by atoms with Crippen LogP contribution in [-0.4, -0.2) is 68.5 Å². The Bertz CT molecular complexity index is 1750. The van der Waals surface area contributed by atoms with E-state index in [2.05, 4.69) is 25.1 Å². The third kappa shape index (κ3) is 6.25. The molecule has 1 aromatic heterocycles. The lowest BCUT2D eigenvalue weighted by atomic mass is 9.88. The fourth-order valence-electron chi connectivity index (χ4n) is 5.91. The molecule has 1 N–H and O–H groups in total. The number of aromatic nitrogens is 2. The molecule has 1 saturated heterocycles. The first-order valence-electron chi connectivity index (χ1n) is 14.5. The third-order valence-electron chi connectivity index (χ3n) is 8.10. The monoisotopic (exact) mass is 650 g/mol. The first-order valence-corrected chi connectivity index (χ1v) is 16.7. The summed E-state index contributed by atoms with van der Waals surface area (Å²) in [6, 6.07) is 20.4. The number of benzene rings is 3. The average Bonchev–Trinajstić information content (AvgIpc) is 3.05. The Kier molecular flexibility index (Phi) is 9.04. The Morgan fingerprint density at radius 2 is 1.66 bits per heavy atom. The number of fused-ring (bicyclic) bond motifs is 3. The van der Waals surface area contributed by atoms with Crippen LogP contribution in [-0.2, 0) is 14.8 Å². The Hall–Kier alpha value is -3.70. The number of halogens is 2. The minimum atomic E-state index is -4.12. The number of para-hydroxylation sites is 1. The van der Waals surface area contributed by atoms with Crippen molar-refractivity contribution in [1.82, 2.24) is 20.2 Å². The van der Waals surface area contributed by atoms with E-state index in [4.69, 9.17) is 23.2 Å². The lowest BCUT2D eigenvalue weighted by Gasteiger charge is -2.39. The highest BCUT2D eigenvalue weighted by Gasteiger charge is 2.40. The molecule has 1 fully saturated rings. The van der Waals surface area contributed by atoms with E-state index in [-0.39, 0.29) is 27.3 Å². The van der Waals surface area contributed by atoms with Gasteiger partial charge in [0.05, 0.1) is 33.1 Å². The van der Waals surface area contributed by atoms with Gasteiger partial charge in [0.15, 0.2) is 0 Å². The minimum Gasteiger partial charge on any atom is -0.356 e. The zero-order valence-corrected chi connectivity index (χ0v) is 26.3. The summed E-state index contributed by atoms with van der Waals surface area (Å²) in [5.41, 5.74) is 2.97. The third-order valence-corrected chi connectivity index (χ3v) is 10.7. The summed E-state index contributed by atoms with van der Waals surface area (Å²) in [5.74, 6) is 0.723. The molecule has 0 aliphatic carbocycles. The Morgan fingerprint density at radius 3 is 2.41 bits per heavy atom. The maximum atomic E-state index is 14.2. The van der Waals surface area contributed by atoms with Gasteiger partial charge in [-0.15, -0.1) is 0 Å². The molecule has 44 heavy (non-hydrogen) atoms. The highest BCUT2D eigenvalue weighted by molar-refractivity contribution is 7.92. The van der Waals surface area contributed by atoms with Crippen LogP contribution in [0.3, 0.4) is 0 Å². The van der Waals surface area contributed by atoms with Crippen LogP contribution in [0.5, 0.6) is 0 Å². The number of hydrogen-bond donors (Lipinski definition) is 1. The molecule has 1 atom stereocenters. The Labute approximate surface area is 267 Å². The summed E-state index contributed by atoms with van der Waals surface area (Å²) < 4.78 is 29.8. The van der Waals surface area contributed by atoms with E-state index >= 15 is 0 Å². The van der Waals surface area contributed by atoms with Crippen molar-refractivity contribution in [3.8, 4) is 11.1 Å². The fourth-order valence-corrected chi connectivity index (χ4v) is 7.95. The summed E-state index contributed by atoms with van der Waals surface area (Å²) in [6.45, 7) is 4.95. The van der Waals surface area contributed by atoms with Crippen LogP contribution in [0.4, 0.5) is 11.5 Å². The summed E-state index contributed by atoms with van der Waals surface area (Å²) in [5, 5.41) is 3.44. The lowest BCUT2D eigenvalue weighted by Crippen LogP contribution is -2.47. The Balaban J connectivity index is 1.15. The number of amides is 1. The molecule has 4 aromatic rings. The summed E-state index contributed by atoms with van der Waals surface area (Å²) >= 11 is 12.3. The zero-order valence-electron chi connectivity index (χ0n) is 23.9. The molecular weight excluding hydrogens is 619 g/mol. The van der Waals surface area contributed by atoms with Crippen molar-refractivity contribution < 1.29 is 13.2 Å². The van der Waals surface area contributed by atoms with E-state index < -0.39 is 16.1 Å². The number of hydrogen-bond acceptors (Lipinski definition) is 7. The number of sulfonamides is 1. The van der Waals surface area contributed by atoms with Gasteiger partial charge in [0.2, 0.25) is 5.91 Å².